The van der Waals surface area contributed by atoms with E-state index in [1.165, 1.54) is 12.7 Å². The van der Waals surface area contributed by atoms with Crippen LogP contribution in [0.1, 0.15) is 40.9 Å². The molecule has 4 rings (SSSR count). The highest BCUT2D eigenvalue weighted by atomic mass is 16.5. The summed E-state index contributed by atoms with van der Waals surface area (Å²) in [5, 5.41) is 6.89. The van der Waals surface area contributed by atoms with E-state index in [-0.39, 0.29) is 23.8 Å². The average Bonchev–Trinajstić information content (AvgIpc) is 3.32. The number of methoxy groups -OCH3 is 2. The number of piperidine rings is 1. The normalized spacial score (nSPS) is 14.7. The molecular weight excluding hydrogens is 438 g/mol. The quantitative estimate of drug-likeness (QED) is 0.438. The van der Waals surface area contributed by atoms with Crippen molar-refractivity contribution in [1.29, 1.82) is 0 Å². The van der Waals surface area contributed by atoms with Crippen LogP contribution in [0.25, 0.3) is 5.65 Å². The second-order valence-corrected chi connectivity index (χ2v) is 7.98. The first kappa shape index (κ1) is 24.9. The zero-order chi connectivity index (χ0) is 24.6. The van der Waals surface area contributed by atoms with Crippen molar-refractivity contribution in [3.8, 4) is 0 Å². The van der Waals surface area contributed by atoms with Crippen molar-refractivity contribution >= 4 is 24.0 Å². The van der Waals surface area contributed by atoms with Gasteiger partial charge < -0.3 is 23.9 Å². The van der Waals surface area contributed by atoms with Crippen molar-refractivity contribution in [2.75, 3.05) is 33.9 Å². The standard InChI is InChI=1S/C24H27N3O4.CH2O2/c1-30-15-9-22(28)26-13-10-24(11-14-26,19-6-4-3-5-7-19)20-17-27-12-8-18(23(29)31-2)16-21(27)25-20;2-1-3/h3-8,12,16-17H,9-11,13-15H2,1-2H3;1H,(H,2,3). The minimum absolute atomic E-state index is 0.126. The fraction of sp³-hybridized carbons (Fsp3) is 0.360. The lowest BCUT2D eigenvalue weighted by molar-refractivity contribution is -0.133. The summed E-state index contributed by atoms with van der Waals surface area (Å²) in [4.78, 5) is 39.6. The third kappa shape index (κ3) is 5.26. The predicted octanol–water partition coefficient (Wildman–Crippen LogP) is 2.77. The van der Waals surface area contributed by atoms with E-state index in [1.807, 2.05) is 39.9 Å². The van der Waals surface area contributed by atoms with Crippen molar-refractivity contribution in [1.82, 2.24) is 14.3 Å². The van der Waals surface area contributed by atoms with E-state index in [0.29, 0.717) is 37.3 Å². The molecule has 0 aliphatic carbocycles. The lowest BCUT2D eigenvalue weighted by Crippen LogP contribution is -2.46. The van der Waals surface area contributed by atoms with E-state index >= 15 is 0 Å². The summed E-state index contributed by atoms with van der Waals surface area (Å²) < 4.78 is 11.8. The van der Waals surface area contributed by atoms with Crippen LogP contribution in [0, 0.1) is 0 Å². The molecule has 0 bridgehead atoms. The number of carbonyl (C=O) groups is 3. The molecular formula is C25H29N3O6. The summed E-state index contributed by atoms with van der Waals surface area (Å²) in [7, 11) is 2.98. The monoisotopic (exact) mass is 467 g/mol. The maximum atomic E-state index is 12.5. The maximum Gasteiger partial charge on any atom is 0.338 e. The number of esters is 1. The Hall–Kier alpha value is -3.72. The van der Waals surface area contributed by atoms with E-state index in [4.69, 9.17) is 24.4 Å². The van der Waals surface area contributed by atoms with Crippen LogP contribution in [-0.4, -0.2) is 71.7 Å². The Labute approximate surface area is 197 Å². The highest BCUT2D eigenvalue weighted by Crippen LogP contribution is 2.41. The van der Waals surface area contributed by atoms with Crippen molar-refractivity contribution in [3.63, 3.8) is 0 Å². The summed E-state index contributed by atoms with van der Waals surface area (Å²) >= 11 is 0. The Bertz CT molecular complexity index is 1120. The first-order chi connectivity index (χ1) is 16.5. The highest BCUT2D eigenvalue weighted by molar-refractivity contribution is 5.90. The number of carbonyl (C=O) groups excluding carboxylic acids is 2. The van der Waals surface area contributed by atoms with Crippen LogP contribution in [-0.2, 0) is 24.5 Å². The molecule has 1 aliphatic heterocycles. The van der Waals surface area contributed by atoms with E-state index in [2.05, 4.69) is 12.1 Å². The molecule has 0 spiro atoms. The van der Waals surface area contributed by atoms with Gasteiger partial charge in [0.15, 0.2) is 0 Å². The van der Waals surface area contributed by atoms with E-state index in [0.717, 1.165) is 18.5 Å². The molecule has 3 heterocycles. The number of fused-ring (bicyclic) bond motifs is 1. The minimum atomic E-state index is -0.382. The van der Waals surface area contributed by atoms with Gasteiger partial charge >= 0.3 is 5.97 Å². The zero-order valence-corrected chi connectivity index (χ0v) is 19.3. The molecule has 1 N–H and O–H groups in total. The number of amides is 1. The Kier molecular flexibility index (Phi) is 8.37. The topological polar surface area (TPSA) is 110 Å². The second kappa shape index (κ2) is 11.4. The lowest BCUT2D eigenvalue weighted by atomic mass is 9.70. The Morgan fingerprint density at radius 3 is 2.44 bits per heavy atom. The van der Waals surface area contributed by atoms with E-state index in [9.17, 15) is 9.59 Å². The maximum absolute atomic E-state index is 12.5. The number of imidazole rings is 1. The van der Waals surface area contributed by atoms with Gasteiger partial charge in [0.2, 0.25) is 5.91 Å². The van der Waals surface area contributed by atoms with Crippen LogP contribution >= 0.6 is 0 Å². The molecule has 0 atom stereocenters. The van der Waals surface area contributed by atoms with Crippen LogP contribution < -0.4 is 0 Å². The summed E-state index contributed by atoms with van der Waals surface area (Å²) in [6, 6.07) is 13.8. The average molecular weight is 468 g/mol. The first-order valence-corrected chi connectivity index (χ1v) is 11.0. The zero-order valence-electron chi connectivity index (χ0n) is 19.3. The van der Waals surface area contributed by atoms with Crippen molar-refractivity contribution in [3.05, 3.63) is 71.7 Å². The fourth-order valence-electron chi connectivity index (χ4n) is 4.39. The van der Waals surface area contributed by atoms with Gasteiger partial charge in [-0.15, -0.1) is 0 Å². The third-order valence-electron chi connectivity index (χ3n) is 6.19. The van der Waals surface area contributed by atoms with Gasteiger partial charge in [0.25, 0.3) is 6.47 Å². The number of pyridine rings is 1. The largest absolute Gasteiger partial charge is 0.483 e. The second-order valence-electron chi connectivity index (χ2n) is 7.98. The summed E-state index contributed by atoms with van der Waals surface area (Å²) in [5.74, 6) is -0.256. The van der Waals surface area contributed by atoms with Crippen LogP contribution in [0.5, 0.6) is 0 Å². The van der Waals surface area contributed by atoms with E-state index in [1.54, 1.807) is 19.2 Å². The molecule has 1 saturated heterocycles. The molecule has 9 nitrogen and oxygen atoms in total. The molecule has 180 valence electrons. The van der Waals surface area contributed by atoms with Gasteiger partial charge in [0, 0.05) is 38.0 Å². The van der Waals surface area contributed by atoms with Gasteiger partial charge in [0.05, 0.1) is 31.4 Å². The first-order valence-electron chi connectivity index (χ1n) is 11.0. The molecule has 3 aromatic rings. The van der Waals surface area contributed by atoms with Crippen LogP contribution in [0.4, 0.5) is 0 Å². The number of aromatic nitrogens is 2. The minimum Gasteiger partial charge on any atom is -0.483 e. The third-order valence-corrected chi connectivity index (χ3v) is 6.19. The molecule has 34 heavy (non-hydrogen) atoms. The summed E-state index contributed by atoms with van der Waals surface area (Å²) in [5.41, 5.74) is 3.02. The number of rotatable bonds is 6. The number of benzene rings is 1. The van der Waals surface area contributed by atoms with Crippen LogP contribution in [0.2, 0.25) is 0 Å². The molecule has 2 aromatic heterocycles. The van der Waals surface area contributed by atoms with Crippen molar-refractivity contribution in [2.45, 2.75) is 24.7 Å². The van der Waals surface area contributed by atoms with E-state index < -0.39 is 0 Å². The Morgan fingerprint density at radius 2 is 1.82 bits per heavy atom. The van der Waals surface area contributed by atoms with Crippen molar-refractivity contribution < 1.29 is 29.0 Å². The molecule has 1 aliphatic rings. The molecule has 1 amide bonds. The van der Waals surface area contributed by atoms with Crippen LogP contribution in [0.3, 0.4) is 0 Å². The molecule has 0 unspecified atom stereocenters. The number of likely N-dealkylation sites (tertiary alicyclic amines) is 1. The summed E-state index contributed by atoms with van der Waals surface area (Å²) in [6.07, 6.45) is 5.83. The van der Waals surface area contributed by atoms with Gasteiger partial charge in [-0.05, 0) is 30.5 Å². The number of carboxylic acid groups (broad SMARTS) is 1. The number of hydrogen-bond acceptors (Lipinski definition) is 6. The highest BCUT2D eigenvalue weighted by Gasteiger charge is 2.40. The SMILES string of the molecule is COCCC(=O)N1CCC(c2ccccc2)(c2cn3ccc(C(=O)OC)cc3n2)CC1.O=CO. The van der Waals surface area contributed by atoms with Gasteiger partial charge in [0.1, 0.15) is 5.65 Å². The van der Waals surface area contributed by atoms with Gasteiger partial charge in [-0.2, -0.15) is 0 Å². The molecule has 1 fully saturated rings. The number of hydrogen-bond donors (Lipinski definition) is 1. The van der Waals surface area contributed by atoms with Gasteiger partial charge in [-0.3, -0.25) is 9.59 Å². The number of nitrogens with zero attached hydrogens (tertiary/aromatic N) is 3. The Balaban J connectivity index is 0.00000103. The Morgan fingerprint density at radius 1 is 1.15 bits per heavy atom. The molecule has 0 radical (unpaired) electrons. The number of ether oxygens (including phenoxy) is 2. The predicted molar refractivity (Wildman–Crippen MR) is 125 cm³/mol. The summed E-state index contributed by atoms with van der Waals surface area (Å²) in [6.45, 7) is 1.52. The lowest BCUT2D eigenvalue weighted by Gasteiger charge is -2.41. The van der Waals surface area contributed by atoms with Gasteiger partial charge in [-0.25, -0.2) is 9.78 Å². The van der Waals surface area contributed by atoms with Gasteiger partial charge in [-0.1, -0.05) is 30.3 Å². The van der Waals surface area contributed by atoms with Crippen LogP contribution in [0.15, 0.2) is 54.9 Å². The fourth-order valence-corrected chi connectivity index (χ4v) is 4.39. The molecule has 1 aromatic carbocycles. The van der Waals surface area contributed by atoms with Crippen molar-refractivity contribution in [2.24, 2.45) is 0 Å². The molecule has 9 heteroatoms. The smallest absolute Gasteiger partial charge is 0.338 e. The molecule has 0 saturated carbocycles.